The molecule has 10 heteroatoms. The van der Waals surface area contributed by atoms with E-state index < -0.39 is 6.36 Å². The number of amides is 2. The molecule has 0 radical (unpaired) electrons. The number of hydrogen-bond donors (Lipinski definition) is 1. The molecule has 2 saturated heterocycles. The lowest BCUT2D eigenvalue weighted by atomic mass is 10.2. The third-order valence-electron chi connectivity index (χ3n) is 5.91. The van der Waals surface area contributed by atoms with Gasteiger partial charge in [-0.15, -0.1) is 13.2 Å². The lowest BCUT2D eigenvalue weighted by Crippen LogP contribution is -2.48. The lowest BCUT2D eigenvalue weighted by Gasteiger charge is -2.34. The number of rotatable bonds is 7. The Labute approximate surface area is 196 Å². The summed E-state index contributed by atoms with van der Waals surface area (Å²) in [6, 6.07) is 13.2. The molecule has 2 aliphatic heterocycles. The van der Waals surface area contributed by atoms with Crippen molar-refractivity contribution in [3.05, 3.63) is 54.1 Å². The summed E-state index contributed by atoms with van der Waals surface area (Å²) in [4.78, 5) is 30.5. The number of carbonyl (C=O) groups excluding carboxylic acids is 2. The minimum Gasteiger partial charge on any atom is -0.406 e. The van der Waals surface area contributed by atoms with Gasteiger partial charge >= 0.3 is 6.36 Å². The Morgan fingerprint density at radius 3 is 2.32 bits per heavy atom. The second kappa shape index (κ2) is 10.4. The van der Waals surface area contributed by atoms with Crippen molar-refractivity contribution in [1.29, 1.82) is 0 Å². The van der Waals surface area contributed by atoms with Crippen LogP contribution in [0.5, 0.6) is 5.75 Å². The van der Waals surface area contributed by atoms with Crippen LogP contribution in [0.4, 0.5) is 24.5 Å². The fourth-order valence-electron chi connectivity index (χ4n) is 4.24. The summed E-state index contributed by atoms with van der Waals surface area (Å²) in [5, 5.41) is 2.92. The zero-order chi connectivity index (χ0) is 24.1. The maximum atomic E-state index is 12.5. The first-order chi connectivity index (χ1) is 16.2. The fraction of sp³-hybridized carbons (Fsp3) is 0.417. The number of piperazine rings is 1. The SMILES string of the molecule is O=C(CN1CCN(Cc2ccc(OC(F)(F)F)cc2)CC1)Nc1cccc(N2CCCC2=O)c1. The number of nitrogens with zero attached hydrogens (tertiary/aromatic N) is 3. The van der Waals surface area contributed by atoms with Crippen LogP contribution in [0, 0.1) is 0 Å². The fourth-order valence-corrected chi connectivity index (χ4v) is 4.24. The molecule has 7 nitrogen and oxygen atoms in total. The molecule has 2 fully saturated rings. The third kappa shape index (κ3) is 6.71. The average Bonchev–Trinajstić information content (AvgIpc) is 3.21. The molecule has 0 spiro atoms. The molecule has 182 valence electrons. The molecule has 2 aromatic rings. The third-order valence-corrected chi connectivity index (χ3v) is 5.91. The predicted molar refractivity (Wildman–Crippen MR) is 122 cm³/mol. The van der Waals surface area contributed by atoms with E-state index in [1.807, 2.05) is 24.3 Å². The minimum atomic E-state index is -4.69. The highest BCUT2D eigenvalue weighted by Crippen LogP contribution is 2.25. The number of alkyl halides is 3. The summed E-state index contributed by atoms with van der Waals surface area (Å²) < 4.78 is 40.7. The Bertz CT molecular complexity index is 1010. The smallest absolute Gasteiger partial charge is 0.406 e. The largest absolute Gasteiger partial charge is 0.573 e. The van der Waals surface area contributed by atoms with Crippen molar-refractivity contribution in [2.24, 2.45) is 0 Å². The van der Waals surface area contributed by atoms with Crippen LogP contribution in [0.3, 0.4) is 0 Å². The first-order valence-corrected chi connectivity index (χ1v) is 11.2. The van der Waals surface area contributed by atoms with Gasteiger partial charge in [0.05, 0.1) is 6.54 Å². The van der Waals surface area contributed by atoms with Crippen LogP contribution < -0.4 is 15.0 Å². The number of anilines is 2. The first kappa shape index (κ1) is 24.0. The van der Waals surface area contributed by atoms with Gasteiger partial charge in [-0.05, 0) is 42.3 Å². The second-order valence-corrected chi connectivity index (χ2v) is 8.49. The number of nitrogens with one attached hydrogen (secondary N) is 1. The molecule has 2 aromatic carbocycles. The average molecular weight is 476 g/mol. The van der Waals surface area contributed by atoms with Crippen molar-refractivity contribution in [2.75, 3.05) is 49.5 Å². The highest BCUT2D eigenvalue weighted by atomic mass is 19.4. The highest BCUT2D eigenvalue weighted by molar-refractivity contribution is 5.97. The maximum Gasteiger partial charge on any atom is 0.573 e. The molecule has 2 aliphatic rings. The van der Waals surface area contributed by atoms with E-state index in [2.05, 4.69) is 19.9 Å². The van der Waals surface area contributed by atoms with Crippen molar-refractivity contribution in [3.8, 4) is 5.75 Å². The lowest BCUT2D eigenvalue weighted by molar-refractivity contribution is -0.274. The van der Waals surface area contributed by atoms with Crippen LogP contribution in [0.1, 0.15) is 18.4 Å². The van der Waals surface area contributed by atoms with Crippen LogP contribution >= 0.6 is 0 Å². The van der Waals surface area contributed by atoms with Gasteiger partial charge in [-0.25, -0.2) is 0 Å². The van der Waals surface area contributed by atoms with Crippen LogP contribution in [0.25, 0.3) is 0 Å². The molecule has 0 atom stereocenters. The number of carbonyl (C=O) groups is 2. The summed E-state index contributed by atoms with van der Waals surface area (Å²) in [5.74, 6) is -0.241. The van der Waals surface area contributed by atoms with E-state index in [1.54, 1.807) is 17.0 Å². The molecular formula is C24H27F3N4O3. The Morgan fingerprint density at radius 1 is 0.971 bits per heavy atom. The van der Waals surface area contributed by atoms with E-state index in [0.717, 1.165) is 30.8 Å². The van der Waals surface area contributed by atoms with Crippen molar-refractivity contribution in [2.45, 2.75) is 25.7 Å². The predicted octanol–water partition coefficient (Wildman–Crippen LogP) is 3.47. The highest BCUT2D eigenvalue weighted by Gasteiger charge is 2.31. The number of benzene rings is 2. The molecule has 2 amide bonds. The summed E-state index contributed by atoms with van der Waals surface area (Å²) in [6.45, 7) is 4.52. The quantitative estimate of drug-likeness (QED) is 0.663. The van der Waals surface area contributed by atoms with Gasteiger partial charge < -0.3 is 15.0 Å². The van der Waals surface area contributed by atoms with Gasteiger partial charge in [0.15, 0.2) is 0 Å². The zero-order valence-electron chi connectivity index (χ0n) is 18.7. The van der Waals surface area contributed by atoms with Gasteiger partial charge in [-0.1, -0.05) is 18.2 Å². The van der Waals surface area contributed by atoms with Crippen molar-refractivity contribution < 1.29 is 27.5 Å². The van der Waals surface area contributed by atoms with Crippen LogP contribution in [0.2, 0.25) is 0 Å². The van der Waals surface area contributed by atoms with Gasteiger partial charge in [0.1, 0.15) is 5.75 Å². The zero-order valence-corrected chi connectivity index (χ0v) is 18.7. The molecule has 0 bridgehead atoms. The van der Waals surface area contributed by atoms with Crippen LogP contribution in [-0.4, -0.2) is 67.2 Å². The number of hydrogen-bond acceptors (Lipinski definition) is 5. The molecule has 0 unspecified atom stereocenters. The molecule has 0 saturated carbocycles. The van der Waals surface area contributed by atoms with E-state index in [0.29, 0.717) is 38.3 Å². The monoisotopic (exact) mass is 476 g/mol. The van der Waals surface area contributed by atoms with Gasteiger partial charge in [0, 0.05) is 57.1 Å². The summed E-state index contributed by atoms with van der Waals surface area (Å²) in [7, 11) is 0. The molecular weight excluding hydrogens is 449 g/mol. The molecule has 2 heterocycles. The summed E-state index contributed by atoms with van der Waals surface area (Å²) in [6.07, 6.45) is -3.29. The Kier molecular flexibility index (Phi) is 7.38. The van der Waals surface area contributed by atoms with Gasteiger partial charge in [0.2, 0.25) is 11.8 Å². The van der Waals surface area contributed by atoms with Crippen molar-refractivity contribution in [3.63, 3.8) is 0 Å². The molecule has 1 N–H and O–H groups in total. The minimum absolute atomic E-state index is 0.104. The van der Waals surface area contributed by atoms with Gasteiger partial charge in [0.25, 0.3) is 0 Å². The van der Waals surface area contributed by atoms with Gasteiger partial charge in [-0.3, -0.25) is 19.4 Å². The summed E-state index contributed by atoms with van der Waals surface area (Å²) >= 11 is 0. The van der Waals surface area contributed by atoms with Crippen molar-refractivity contribution in [1.82, 2.24) is 9.80 Å². The van der Waals surface area contributed by atoms with E-state index in [1.165, 1.54) is 12.1 Å². The number of ether oxygens (including phenoxy) is 1. The van der Waals surface area contributed by atoms with E-state index in [4.69, 9.17) is 0 Å². The van der Waals surface area contributed by atoms with E-state index >= 15 is 0 Å². The molecule has 0 aliphatic carbocycles. The molecule has 34 heavy (non-hydrogen) atoms. The maximum absolute atomic E-state index is 12.5. The molecule has 4 rings (SSSR count). The summed E-state index contributed by atoms with van der Waals surface area (Å²) in [5.41, 5.74) is 2.36. The van der Waals surface area contributed by atoms with Gasteiger partial charge in [-0.2, -0.15) is 0 Å². The van der Waals surface area contributed by atoms with E-state index in [-0.39, 0.29) is 24.1 Å². The van der Waals surface area contributed by atoms with Crippen LogP contribution in [0.15, 0.2) is 48.5 Å². The first-order valence-electron chi connectivity index (χ1n) is 11.2. The number of halogens is 3. The van der Waals surface area contributed by atoms with Crippen molar-refractivity contribution >= 4 is 23.2 Å². The Balaban J connectivity index is 1.21. The standard InChI is InChI=1S/C24H27F3N4O3/c25-24(26,27)34-21-8-6-18(7-9-21)16-29-11-13-30(14-12-29)17-22(32)28-19-3-1-4-20(15-19)31-10-2-5-23(31)33/h1,3-4,6-9,15H,2,5,10-14,16-17H2,(H,28,32). The Hall–Kier alpha value is -3.11. The van der Waals surface area contributed by atoms with Crippen LogP contribution in [-0.2, 0) is 16.1 Å². The second-order valence-electron chi connectivity index (χ2n) is 8.49. The normalized spacial score (nSPS) is 17.7. The topological polar surface area (TPSA) is 65.1 Å². The molecule has 0 aromatic heterocycles. The Morgan fingerprint density at radius 2 is 1.68 bits per heavy atom. The van der Waals surface area contributed by atoms with E-state index in [9.17, 15) is 22.8 Å².